The van der Waals surface area contributed by atoms with Crippen LogP contribution in [0.4, 0.5) is 4.39 Å². The minimum atomic E-state index is -0.378. The fourth-order valence-corrected chi connectivity index (χ4v) is 3.48. The number of para-hydroxylation sites is 2. The molecule has 0 bridgehead atoms. The first kappa shape index (κ1) is 18.6. The van der Waals surface area contributed by atoms with Crippen molar-refractivity contribution in [2.24, 2.45) is 0 Å². The molecular weight excluding hydrogens is 397 g/mol. The molecule has 0 spiro atoms. The van der Waals surface area contributed by atoms with Gasteiger partial charge in [-0.25, -0.2) is 9.37 Å². The van der Waals surface area contributed by atoms with Crippen molar-refractivity contribution in [2.45, 2.75) is 33.4 Å². The second-order valence-corrected chi connectivity index (χ2v) is 6.97. The Bertz CT molecular complexity index is 938. The summed E-state index contributed by atoms with van der Waals surface area (Å²) < 4.78 is 15.9. The predicted molar refractivity (Wildman–Crippen MR) is 105 cm³/mol. The summed E-state index contributed by atoms with van der Waals surface area (Å²) in [5, 5.41) is 0. The van der Waals surface area contributed by atoms with Crippen molar-refractivity contribution < 1.29 is 9.18 Å². The number of imidazole rings is 1. The molecule has 1 aromatic heterocycles. The molecule has 0 saturated carbocycles. The highest BCUT2D eigenvalue weighted by atomic mass is 79.9. The molecule has 3 aromatic rings. The molecule has 0 aliphatic rings. The van der Waals surface area contributed by atoms with E-state index >= 15 is 0 Å². The minimum Gasteiger partial charge on any atom is -0.331 e. The first-order chi connectivity index (χ1) is 12.5. The molecule has 6 heteroatoms. The van der Waals surface area contributed by atoms with Crippen molar-refractivity contribution >= 4 is 32.9 Å². The number of aromatic nitrogens is 2. The van der Waals surface area contributed by atoms with E-state index in [1.807, 2.05) is 31.2 Å². The van der Waals surface area contributed by atoms with E-state index in [-0.39, 0.29) is 11.7 Å². The quantitative estimate of drug-likeness (QED) is 0.565. The van der Waals surface area contributed by atoms with Gasteiger partial charge in [0.1, 0.15) is 11.6 Å². The summed E-state index contributed by atoms with van der Waals surface area (Å²) >= 11 is 3.15. The molecule has 4 nitrogen and oxygen atoms in total. The highest BCUT2D eigenvalue weighted by molar-refractivity contribution is 9.10. The van der Waals surface area contributed by atoms with Crippen molar-refractivity contribution in [3.05, 3.63) is 64.1 Å². The summed E-state index contributed by atoms with van der Waals surface area (Å²) in [6.45, 7) is 5.92. The molecule has 26 heavy (non-hydrogen) atoms. The van der Waals surface area contributed by atoms with Gasteiger partial charge >= 0.3 is 0 Å². The zero-order valence-electron chi connectivity index (χ0n) is 14.9. The van der Waals surface area contributed by atoms with Crippen molar-refractivity contribution in [3.63, 3.8) is 0 Å². The molecule has 0 N–H and O–H groups in total. The predicted octanol–water partition coefficient (Wildman–Crippen LogP) is 5.01. The maximum absolute atomic E-state index is 13.5. The van der Waals surface area contributed by atoms with E-state index in [1.54, 1.807) is 4.90 Å². The lowest BCUT2D eigenvalue weighted by molar-refractivity contribution is 0.0737. The Morgan fingerprint density at radius 2 is 2.00 bits per heavy atom. The summed E-state index contributed by atoms with van der Waals surface area (Å²) in [6, 6.07) is 12.3. The number of carbonyl (C=O) groups excluding carboxylic acids is 1. The third-order valence-electron chi connectivity index (χ3n) is 4.33. The lowest BCUT2D eigenvalue weighted by atomic mass is 10.2. The number of aryl methyl sites for hydroxylation is 1. The maximum Gasteiger partial charge on any atom is 0.254 e. The normalized spacial score (nSPS) is 11.1. The van der Waals surface area contributed by atoms with Gasteiger partial charge < -0.3 is 9.47 Å². The van der Waals surface area contributed by atoms with Crippen LogP contribution in [0.25, 0.3) is 11.0 Å². The number of benzene rings is 2. The summed E-state index contributed by atoms with van der Waals surface area (Å²) in [5.41, 5.74) is 2.46. The number of nitrogens with zero attached hydrogens (tertiary/aromatic N) is 3. The van der Waals surface area contributed by atoms with Crippen LogP contribution >= 0.6 is 15.9 Å². The molecule has 1 amide bonds. The van der Waals surface area contributed by atoms with Gasteiger partial charge in [0, 0.05) is 18.7 Å². The van der Waals surface area contributed by atoms with Gasteiger partial charge in [-0.2, -0.15) is 0 Å². The maximum atomic E-state index is 13.5. The molecule has 0 atom stereocenters. The third kappa shape index (κ3) is 3.65. The Hall–Kier alpha value is -2.21. The van der Waals surface area contributed by atoms with Gasteiger partial charge in [-0.15, -0.1) is 0 Å². The molecule has 0 aliphatic heterocycles. The Labute approximate surface area is 160 Å². The molecule has 0 fully saturated rings. The monoisotopic (exact) mass is 417 g/mol. The number of carbonyl (C=O) groups is 1. The second-order valence-electron chi connectivity index (χ2n) is 6.12. The van der Waals surface area contributed by atoms with Crippen LogP contribution in [-0.4, -0.2) is 26.9 Å². The van der Waals surface area contributed by atoms with E-state index in [4.69, 9.17) is 4.98 Å². The number of amides is 1. The van der Waals surface area contributed by atoms with Crippen LogP contribution in [0.15, 0.2) is 46.9 Å². The summed E-state index contributed by atoms with van der Waals surface area (Å²) in [5.74, 6) is 0.357. The van der Waals surface area contributed by atoms with E-state index in [0.29, 0.717) is 23.1 Å². The first-order valence-corrected chi connectivity index (χ1v) is 9.52. The minimum absolute atomic E-state index is 0.123. The zero-order valence-corrected chi connectivity index (χ0v) is 16.5. The van der Waals surface area contributed by atoms with Crippen LogP contribution < -0.4 is 0 Å². The van der Waals surface area contributed by atoms with Gasteiger partial charge in [-0.1, -0.05) is 19.1 Å². The number of hydrogen-bond acceptors (Lipinski definition) is 2. The lowest BCUT2D eigenvalue weighted by Crippen LogP contribution is -2.32. The standard InChI is InChI=1S/C20H21BrFN3O/c1-3-11-24(20(26)14-9-10-16(22)15(21)12-14)13-19-23-17-7-5-6-8-18(17)25(19)4-2/h5-10,12H,3-4,11,13H2,1-2H3. The summed E-state index contributed by atoms with van der Waals surface area (Å²) in [6.07, 6.45) is 0.834. The smallest absolute Gasteiger partial charge is 0.254 e. The van der Waals surface area contributed by atoms with Crippen LogP contribution in [-0.2, 0) is 13.1 Å². The third-order valence-corrected chi connectivity index (χ3v) is 4.94. The van der Waals surface area contributed by atoms with Crippen LogP contribution in [0.1, 0.15) is 36.5 Å². The van der Waals surface area contributed by atoms with Gasteiger partial charge in [0.15, 0.2) is 0 Å². The van der Waals surface area contributed by atoms with Gasteiger partial charge in [-0.05, 0) is 59.6 Å². The van der Waals surface area contributed by atoms with E-state index in [2.05, 4.69) is 27.4 Å². The molecule has 0 aliphatic carbocycles. The fraction of sp³-hybridized carbons (Fsp3) is 0.300. The summed E-state index contributed by atoms with van der Waals surface area (Å²) in [7, 11) is 0. The molecular formula is C20H21BrFN3O. The van der Waals surface area contributed by atoms with Crippen LogP contribution in [0.3, 0.4) is 0 Å². The Morgan fingerprint density at radius 1 is 1.23 bits per heavy atom. The number of hydrogen-bond donors (Lipinski definition) is 0. The second kappa shape index (κ2) is 7.99. The number of rotatable bonds is 6. The molecule has 2 aromatic carbocycles. The molecule has 0 saturated heterocycles. The molecule has 136 valence electrons. The van der Waals surface area contributed by atoms with Crippen LogP contribution in [0.5, 0.6) is 0 Å². The highest BCUT2D eigenvalue weighted by Gasteiger charge is 2.20. The van der Waals surface area contributed by atoms with E-state index in [0.717, 1.165) is 29.8 Å². The number of fused-ring (bicyclic) bond motifs is 1. The Morgan fingerprint density at radius 3 is 2.69 bits per heavy atom. The van der Waals surface area contributed by atoms with Crippen molar-refractivity contribution in [2.75, 3.05) is 6.54 Å². The average molecular weight is 418 g/mol. The highest BCUT2D eigenvalue weighted by Crippen LogP contribution is 2.21. The van der Waals surface area contributed by atoms with Crippen molar-refractivity contribution in [3.8, 4) is 0 Å². The average Bonchev–Trinajstić information content (AvgIpc) is 3.00. The fourth-order valence-electron chi connectivity index (χ4n) is 3.10. The van der Waals surface area contributed by atoms with Gasteiger partial charge in [0.2, 0.25) is 0 Å². The Kier molecular flexibility index (Phi) is 5.71. The number of halogens is 2. The largest absolute Gasteiger partial charge is 0.331 e. The molecule has 1 heterocycles. The van der Waals surface area contributed by atoms with Crippen molar-refractivity contribution in [1.82, 2.24) is 14.5 Å². The van der Waals surface area contributed by atoms with Gasteiger partial charge in [0.25, 0.3) is 5.91 Å². The topological polar surface area (TPSA) is 38.1 Å². The molecule has 0 unspecified atom stereocenters. The lowest BCUT2D eigenvalue weighted by Gasteiger charge is -2.22. The first-order valence-electron chi connectivity index (χ1n) is 8.73. The van der Waals surface area contributed by atoms with Gasteiger partial charge in [0.05, 0.1) is 22.1 Å². The van der Waals surface area contributed by atoms with Crippen LogP contribution in [0, 0.1) is 5.82 Å². The molecule has 3 rings (SSSR count). The van der Waals surface area contributed by atoms with E-state index in [9.17, 15) is 9.18 Å². The van der Waals surface area contributed by atoms with Gasteiger partial charge in [-0.3, -0.25) is 4.79 Å². The van der Waals surface area contributed by atoms with Crippen molar-refractivity contribution in [1.29, 1.82) is 0 Å². The Balaban J connectivity index is 1.93. The van der Waals surface area contributed by atoms with Crippen LogP contribution in [0.2, 0.25) is 0 Å². The molecule has 0 radical (unpaired) electrons. The van der Waals surface area contributed by atoms with E-state index < -0.39 is 0 Å². The SMILES string of the molecule is CCCN(Cc1nc2ccccc2n1CC)C(=O)c1ccc(F)c(Br)c1. The van der Waals surface area contributed by atoms with E-state index in [1.165, 1.54) is 18.2 Å². The summed E-state index contributed by atoms with van der Waals surface area (Å²) in [4.78, 5) is 19.4. The zero-order chi connectivity index (χ0) is 18.7.